The third kappa shape index (κ3) is 2.76. The van der Waals surface area contributed by atoms with Gasteiger partial charge >= 0.3 is 0 Å². The number of aliphatic hydroxyl groups excluding tert-OH is 1. The lowest BCUT2D eigenvalue weighted by molar-refractivity contribution is 0.218. The largest absolute Gasteiger partial charge is 0.496 e. The van der Waals surface area contributed by atoms with Crippen LogP contribution in [-0.2, 0) is 6.42 Å². The van der Waals surface area contributed by atoms with Crippen LogP contribution in [0.25, 0.3) is 0 Å². The summed E-state index contributed by atoms with van der Waals surface area (Å²) in [7, 11) is 1.62. The molecule has 1 N–H and O–H groups in total. The molecule has 2 aromatic rings. The van der Waals surface area contributed by atoms with Crippen LogP contribution in [0.3, 0.4) is 0 Å². The third-order valence-corrected chi connectivity index (χ3v) is 4.56. The van der Waals surface area contributed by atoms with Gasteiger partial charge < -0.3 is 9.84 Å². The Labute approximate surface area is 119 Å². The number of thiophene rings is 1. The molecule has 1 atom stereocenters. The summed E-state index contributed by atoms with van der Waals surface area (Å²) in [5.41, 5.74) is 0.788. The first-order valence-corrected chi connectivity index (χ1v) is 7.36. The summed E-state index contributed by atoms with van der Waals surface area (Å²) in [6.45, 7) is 2.11. The molecule has 1 aromatic carbocycles. The smallest absolute Gasteiger partial charge is 0.125 e. The zero-order chi connectivity index (χ0) is 13.1. The van der Waals surface area contributed by atoms with Crippen molar-refractivity contribution in [3.63, 3.8) is 0 Å². The Hall–Kier alpha value is -0.840. The highest BCUT2D eigenvalue weighted by Gasteiger charge is 2.17. The molecule has 0 amide bonds. The lowest BCUT2D eigenvalue weighted by Gasteiger charge is -2.14. The molecule has 2 nitrogen and oxygen atoms in total. The number of rotatable bonds is 4. The van der Waals surface area contributed by atoms with Gasteiger partial charge in [0.15, 0.2) is 0 Å². The lowest BCUT2D eigenvalue weighted by atomic mass is 10.1. The van der Waals surface area contributed by atoms with Gasteiger partial charge in [0.05, 0.1) is 7.11 Å². The van der Waals surface area contributed by atoms with Gasteiger partial charge in [0.2, 0.25) is 0 Å². The Balaban J connectivity index is 2.38. The van der Waals surface area contributed by atoms with Crippen molar-refractivity contribution >= 4 is 27.3 Å². The summed E-state index contributed by atoms with van der Waals surface area (Å²) in [5.74, 6) is 0.706. The quantitative estimate of drug-likeness (QED) is 0.913. The molecule has 0 bridgehead atoms. The van der Waals surface area contributed by atoms with Crippen molar-refractivity contribution in [2.45, 2.75) is 19.4 Å². The van der Waals surface area contributed by atoms with E-state index in [-0.39, 0.29) is 0 Å². The fourth-order valence-electron chi connectivity index (χ4n) is 1.80. The van der Waals surface area contributed by atoms with Gasteiger partial charge in [0, 0.05) is 19.8 Å². The van der Waals surface area contributed by atoms with Crippen LogP contribution in [0, 0.1) is 0 Å². The van der Waals surface area contributed by atoms with E-state index in [1.54, 1.807) is 18.4 Å². The molecular formula is C14H15BrO2S. The number of halogens is 1. The Kier molecular flexibility index (Phi) is 4.43. The first-order chi connectivity index (χ1) is 8.65. The molecule has 0 saturated heterocycles. The fraction of sp³-hybridized carbons (Fsp3) is 0.286. The molecule has 0 aliphatic carbocycles. The van der Waals surface area contributed by atoms with E-state index in [4.69, 9.17) is 4.74 Å². The number of hydrogen-bond acceptors (Lipinski definition) is 3. The first kappa shape index (κ1) is 13.6. The van der Waals surface area contributed by atoms with Crippen LogP contribution in [0.4, 0.5) is 0 Å². The second-order valence-electron chi connectivity index (χ2n) is 3.95. The van der Waals surface area contributed by atoms with E-state index >= 15 is 0 Å². The van der Waals surface area contributed by atoms with Crippen LogP contribution >= 0.6 is 27.3 Å². The highest BCUT2D eigenvalue weighted by Crippen LogP contribution is 2.35. The van der Waals surface area contributed by atoms with Crippen molar-refractivity contribution in [1.82, 2.24) is 0 Å². The van der Waals surface area contributed by atoms with E-state index < -0.39 is 6.10 Å². The Bertz CT molecular complexity index is 536. The van der Waals surface area contributed by atoms with Gasteiger partial charge in [-0.15, -0.1) is 11.3 Å². The first-order valence-electron chi connectivity index (χ1n) is 5.75. The maximum atomic E-state index is 10.4. The predicted molar refractivity (Wildman–Crippen MR) is 78.5 cm³/mol. The van der Waals surface area contributed by atoms with Crippen LogP contribution in [0.1, 0.15) is 28.3 Å². The summed E-state index contributed by atoms with van der Waals surface area (Å²) < 4.78 is 6.23. The van der Waals surface area contributed by atoms with Gasteiger partial charge in [-0.2, -0.15) is 0 Å². The topological polar surface area (TPSA) is 29.5 Å². The summed E-state index contributed by atoms with van der Waals surface area (Å²) in [4.78, 5) is 2.22. The Morgan fingerprint density at radius 2 is 2.11 bits per heavy atom. The molecule has 0 saturated carbocycles. The number of methoxy groups -OCH3 is 1. The summed E-state index contributed by atoms with van der Waals surface area (Å²) in [5, 5.41) is 10.4. The Morgan fingerprint density at radius 1 is 1.33 bits per heavy atom. The molecule has 1 heterocycles. The SMILES string of the molecule is CCc1ccc([C@H](O)c2cc(Br)ccc2OC)s1. The fourth-order valence-corrected chi connectivity index (χ4v) is 3.14. The minimum absolute atomic E-state index is 0.636. The van der Waals surface area contributed by atoms with Crippen molar-refractivity contribution in [2.75, 3.05) is 7.11 Å². The van der Waals surface area contributed by atoms with Crippen molar-refractivity contribution in [2.24, 2.45) is 0 Å². The molecule has 0 aliphatic rings. The normalized spacial score (nSPS) is 12.4. The van der Waals surface area contributed by atoms with E-state index in [1.807, 2.05) is 24.3 Å². The molecule has 0 unspecified atom stereocenters. The summed E-state index contributed by atoms with van der Waals surface area (Å²) >= 11 is 5.06. The van der Waals surface area contributed by atoms with Crippen LogP contribution in [0.5, 0.6) is 5.75 Å². The molecule has 18 heavy (non-hydrogen) atoms. The van der Waals surface area contributed by atoms with Gasteiger partial charge in [-0.05, 0) is 36.8 Å². The number of aryl methyl sites for hydroxylation is 1. The van der Waals surface area contributed by atoms with Crippen molar-refractivity contribution < 1.29 is 9.84 Å². The van der Waals surface area contributed by atoms with Gasteiger partial charge in [0.25, 0.3) is 0 Å². The van der Waals surface area contributed by atoms with Gasteiger partial charge in [-0.1, -0.05) is 22.9 Å². The molecule has 96 valence electrons. The Morgan fingerprint density at radius 3 is 2.72 bits per heavy atom. The van der Waals surface area contributed by atoms with Crippen LogP contribution < -0.4 is 4.74 Å². The number of hydrogen-bond donors (Lipinski definition) is 1. The van der Waals surface area contributed by atoms with E-state index in [0.717, 1.165) is 21.3 Å². The minimum Gasteiger partial charge on any atom is -0.496 e. The highest BCUT2D eigenvalue weighted by molar-refractivity contribution is 9.10. The predicted octanol–water partition coefficient (Wildman–Crippen LogP) is 4.16. The minimum atomic E-state index is -0.636. The summed E-state index contributed by atoms with van der Waals surface area (Å²) in [6.07, 6.45) is 0.357. The maximum absolute atomic E-state index is 10.4. The van der Waals surface area contributed by atoms with Gasteiger partial charge in [0.1, 0.15) is 11.9 Å². The molecule has 0 spiro atoms. The molecule has 1 aromatic heterocycles. The van der Waals surface area contributed by atoms with Crippen molar-refractivity contribution in [3.8, 4) is 5.75 Å². The zero-order valence-electron chi connectivity index (χ0n) is 10.3. The average Bonchev–Trinajstić information content (AvgIpc) is 2.86. The highest BCUT2D eigenvalue weighted by atomic mass is 79.9. The van der Waals surface area contributed by atoms with Gasteiger partial charge in [-0.25, -0.2) is 0 Å². The number of benzene rings is 1. The monoisotopic (exact) mass is 326 g/mol. The molecule has 0 fully saturated rings. The lowest BCUT2D eigenvalue weighted by Crippen LogP contribution is -2.00. The van der Waals surface area contributed by atoms with Crippen LogP contribution in [0.15, 0.2) is 34.8 Å². The second kappa shape index (κ2) is 5.87. The second-order valence-corrected chi connectivity index (χ2v) is 6.06. The number of ether oxygens (including phenoxy) is 1. The van der Waals surface area contributed by atoms with E-state index in [9.17, 15) is 5.11 Å². The third-order valence-electron chi connectivity index (χ3n) is 2.79. The summed E-state index contributed by atoms with van der Waals surface area (Å²) in [6, 6.07) is 9.70. The molecule has 4 heteroatoms. The van der Waals surface area contributed by atoms with Crippen molar-refractivity contribution in [3.05, 3.63) is 50.1 Å². The molecule has 0 aliphatic heterocycles. The van der Waals surface area contributed by atoms with E-state index in [2.05, 4.69) is 28.9 Å². The molecule has 2 rings (SSSR count). The molecule has 0 radical (unpaired) electrons. The maximum Gasteiger partial charge on any atom is 0.125 e. The van der Waals surface area contributed by atoms with Crippen LogP contribution in [0.2, 0.25) is 0 Å². The number of aliphatic hydroxyl groups is 1. The average molecular weight is 327 g/mol. The van der Waals surface area contributed by atoms with Gasteiger partial charge in [-0.3, -0.25) is 0 Å². The molecular weight excluding hydrogens is 312 g/mol. The van der Waals surface area contributed by atoms with Crippen LogP contribution in [-0.4, -0.2) is 12.2 Å². The zero-order valence-corrected chi connectivity index (χ0v) is 12.7. The van der Waals surface area contributed by atoms with E-state index in [0.29, 0.717) is 5.75 Å². The van der Waals surface area contributed by atoms with Crippen molar-refractivity contribution in [1.29, 1.82) is 0 Å². The standard InChI is InChI=1S/C14H15BrO2S/c1-3-10-5-7-13(18-10)14(16)11-8-9(15)4-6-12(11)17-2/h4-8,14,16H,3H2,1-2H3/t14-/m1/s1. The van der Waals surface area contributed by atoms with E-state index in [1.165, 1.54) is 4.88 Å².